The molecule has 5 heteroatoms. The van der Waals surface area contributed by atoms with Gasteiger partial charge in [0.05, 0.1) is 0 Å². The van der Waals surface area contributed by atoms with E-state index >= 15 is 0 Å². The van der Waals surface area contributed by atoms with Gasteiger partial charge in [0.15, 0.2) is 0 Å². The van der Waals surface area contributed by atoms with Gasteiger partial charge in [-0.1, -0.05) is 6.92 Å². The zero-order valence-electron chi connectivity index (χ0n) is 11.1. The predicted octanol–water partition coefficient (Wildman–Crippen LogP) is -3.67. The number of nitrogens with zero attached hydrogens (tertiary/aromatic N) is 1. The van der Waals surface area contributed by atoms with E-state index in [-0.39, 0.29) is 46.5 Å². The van der Waals surface area contributed by atoms with E-state index in [4.69, 9.17) is 5.11 Å². The van der Waals surface area contributed by atoms with Crippen molar-refractivity contribution < 1.29 is 51.6 Å². The first-order chi connectivity index (χ1) is 6.01. The first-order valence-electron chi connectivity index (χ1n) is 5.17. The fraction of sp³-hybridized carbons (Fsp3) is 0.909. The fourth-order valence-corrected chi connectivity index (χ4v) is 1.11. The fourth-order valence-electron chi connectivity index (χ4n) is 1.11. The van der Waals surface area contributed by atoms with E-state index in [0.29, 0.717) is 18.7 Å². The van der Waals surface area contributed by atoms with Gasteiger partial charge in [0.25, 0.3) is 0 Å². The molecule has 1 N–H and O–H groups in total. The van der Waals surface area contributed by atoms with Crippen molar-refractivity contribution in [1.82, 2.24) is 4.90 Å². The Morgan fingerprint density at radius 1 is 1.06 bits per heavy atom. The summed E-state index contributed by atoms with van der Waals surface area (Å²) in [5.74, 6) is 0. The Labute approximate surface area is 129 Å². The van der Waals surface area contributed by atoms with E-state index in [0.717, 1.165) is 13.0 Å². The summed E-state index contributed by atoms with van der Waals surface area (Å²) in [7, 11) is 0. The van der Waals surface area contributed by atoms with Gasteiger partial charge in [-0.15, -0.1) is 6.54 Å². The van der Waals surface area contributed by atoms with Gasteiger partial charge in [0, 0.05) is 18.7 Å². The van der Waals surface area contributed by atoms with E-state index < -0.39 is 0 Å². The molecule has 16 heavy (non-hydrogen) atoms. The van der Waals surface area contributed by atoms with Gasteiger partial charge in [0.2, 0.25) is 0 Å². The summed E-state index contributed by atoms with van der Waals surface area (Å²) in [4.78, 5) is 2.35. The standard InChI is InChI=1S/C8H18N.C3H8O.2ClH.Ti/c1-6-9(7(2)3)8(4)5;1-2-3-4;;;/h7-8H,1,6H2,2-5H3;4H,2-3H2,1H3;2*1H;/q-1;;;;+3/p-2. The summed E-state index contributed by atoms with van der Waals surface area (Å²) in [6.45, 7) is 15.8. The van der Waals surface area contributed by atoms with Crippen molar-refractivity contribution in [2.45, 2.75) is 53.1 Å². The third kappa shape index (κ3) is 20.6. The minimum Gasteiger partial charge on any atom is -1.00 e. The molecule has 0 aliphatic heterocycles. The zero-order chi connectivity index (χ0) is 10.9. The van der Waals surface area contributed by atoms with Crippen LogP contribution in [0.3, 0.4) is 0 Å². The number of hydrogen-bond donors (Lipinski definition) is 1. The molecule has 0 aromatic rings. The third-order valence-corrected chi connectivity index (χ3v) is 1.81. The van der Waals surface area contributed by atoms with Crippen LogP contribution in [0.2, 0.25) is 0 Å². The molecule has 0 bridgehead atoms. The van der Waals surface area contributed by atoms with E-state index in [1.54, 1.807) is 0 Å². The van der Waals surface area contributed by atoms with Crippen LogP contribution in [-0.2, 0) is 21.7 Å². The number of halogens is 2. The molecule has 0 aliphatic rings. The molecular formula is C11H26Cl2NOTi. The maximum Gasteiger partial charge on any atom is 3.00 e. The second-order valence-electron chi connectivity index (χ2n) is 3.65. The Balaban J connectivity index is -0.0000000511. The molecule has 0 aromatic heterocycles. The Hall–Kier alpha value is 1.21. The Morgan fingerprint density at radius 2 is 1.31 bits per heavy atom. The van der Waals surface area contributed by atoms with E-state index in [1.165, 1.54) is 0 Å². The Morgan fingerprint density at radius 3 is 1.31 bits per heavy atom. The summed E-state index contributed by atoms with van der Waals surface area (Å²) in [5.41, 5.74) is 0. The van der Waals surface area contributed by atoms with Crippen LogP contribution in [0.15, 0.2) is 0 Å². The molecule has 0 atom stereocenters. The topological polar surface area (TPSA) is 23.5 Å². The van der Waals surface area contributed by atoms with Gasteiger partial charge in [-0.2, -0.15) is 0 Å². The molecule has 0 fully saturated rings. The summed E-state index contributed by atoms with van der Waals surface area (Å²) in [6, 6.07) is 1.25. The second kappa shape index (κ2) is 21.5. The van der Waals surface area contributed by atoms with Crippen LogP contribution in [0.4, 0.5) is 0 Å². The predicted molar refractivity (Wildman–Crippen MR) is 59.7 cm³/mol. The maximum atomic E-state index is 7.88. The molecule has 0 heterocycles. The molecule has 2 nitrogen and oxygen atoms in total. The summed E-state index contributed by atoms with van der Waals surface area (Å²) in [6.07, 6.45) is 0.875. The van der Waals surface area contributed by atoms with Crippen LogP contribution < -0.4 is 24.8 Å². The number of rotatable bonds is 4. The Kier molecular flexibility index (Phi) is 40.8. The minimum atomic E-state index is 0. The van der Waals surface area contributed by atoms with E-state index in [2.05, 4.69) is 39.5 Å². The van der Waals surface area contributed by atoms with Crippen molar-refractivity contribution >= 4 is 0 Å². The van der Waals surface area contributed by atoms with Crippen LogP contribution in [0.1, 0.15) is 41.0 Å². The van der Waals surface area contributed by atoms with Crippen molar-refractivity contribution in [2.24, 2.45) is 0 Å². The summed E-state index contributed by atoms with van der Waals surface area (Å²) < 4.78 is 0. The van der Waals surface area contributed by atoms with Gasteiger partial charge in [-0.3, -0.25) is 0 Å². The average Bonchev–Trinajstić information content (AvgIpc) is 2.04. The minimum absolute atomic E-state index is 0. The van der Waals surface area contributed by atoms with Gasteiger partial charge in [0.1, 0.15) is 0 Å². The van der Waals surface area contributed by atoms with Crippen LogP contribution in [-0.4, -0.2) is 35.2 Å². The first kappa shape index (κ1) is 30.3. The Bertz CT molecular complexity index is 96.0. The molecular weight excluding hydrogens is 281 g/mol. The SMILES string of the molecule is CCCO.[CH2-]CN(C(C)C)C(C)C.[Cl-].[Cl-].[Ti+3]. The van der Waals surface area contributed by atoms with Crippen LogP contribution >= 0.6 is 0 Å². The molecule has 99 valence electrons. The van der Waals surface area contributed by atoms with Crippen molar-refractivity contribution in [3.8, 4) is 0 Å². The summed E-state index contributed by atoms with van der Waals surface area (Å²) >= 11 is 0. The van der Waals surface area contributed by atoms with Gasteiger partial charge in [-0.05, 0) is 34.1 Å². The molecule has 0 saturated heterocycles. The molecule has 1 radical (unpaired) electrons. The monoisotopic (exact) mass is 306 g/mol. The molecule has 0 rings (SSSR count). The van der Waals surface area contributed by atoms with Crippen molar-refractivity contribution in [2.75, 3.05) is 13.2 Å². The van der Waals surface area contributed by atoms with Gasteiger partial charge < -0.3 is 41.7 Å². The number of aliphatic hydroxyl groups is 1. The second-order valence-corrected chi connectivity index (χ2v) is 3.65. The molecule has 0 aromatic carbocycles. The van der Waals surface area contributed by atoms with E-state index in [9.17, 15) is 0 Å². The quantitative estimate of drug-likeness (QED) is 0.427. The smallest absolute Gasteiger partial charge is 1.00 e. The van der Waals surface area contributed by atoms with Crippen LogP contribution in [0.25, 0.3) is 0 Å². The molecule has 0 spiro atoms. The van der Waals surface area contributed by atoms with Crippen molar-refractivity contribution in [1.29, 1.82) is 0 Å². The first-order valence-corrected chi connectivity index (χ1v) is 5.17. The number of hydrogen-bond acceptors (Lipinski definition) is 2. The number of aliphatic hydroxyl groups excluding tert-OH is 1. The van der Waals surface area contributed by atoms with Gasteiger partial charge in [-0.25, -0.2) is 0 Å². The third-order valence-electron chi connectivity index (χ3n) is 1.81. The average molecular weight is 307 g/mol. The van der Waals surface area contributed by atoms with Crippen molar-refractivity contribution in [3.05, 3.63) is 6.92 Å². The largest absolute Gasteiger partial charge is 3.00 e. The molecule has 0 unspecified atom stereocenters. The van der Waals surface area contributed by atoms with Crippen molar-refractivity contribution in [3.63, 3.8) is 0 Å². The molecule has 0 amide bonds. The van der Waals surface area contributed by atoms with Gasteiger partial charge >= 0.3 is 21.7 Å². The molecule has 0 aliphatic carbocycles. The van der Waals surface area contributed by atoms with E-state index in [1.807, 2.05) is 6.92 Å². The van der Waals surface area contributed by atoms with Crippen LogP contribution in [0.5, 0.6) is 0 Å². The summed E-state index contributed by atoms with van der Waals surface area (Å²) in [5, 5.41) is 7.88. The normalized spacial score (nSPS) is 8.62. The zero-order valence-corrected chi connectivity index (χ0v) is 14.2. The molecule has 0 saturated carbocycles. The van der Waals surface area contributed by atoms with Crippen LogP contribution in [0, 0.1) is 6.92 Å². The maximum absolute atomic E-state index is 7.88.